The molecule has 0 heteroatoms. The Labute approximate surface area is 428 Å². The number of aryl methyl sites for hydroxylation is 2. The molecule has 340 valence electrons. The van der Waals surface area contributed by atoms with E-state index in [0.29, 0.717) is 0 Å². The molecule has 0 saturated carbocycles. The van der Waals surface area contributed by atoms with Gasteiger partial charge in [0.25, 0.3) is 0 Å². The second kappa shape index (κ2) is 14.6. The second-order valence-electron chi connectivity index (χ2n) is 20.9. The van der Waals surface area contributed by atoms with Gasteiger partial charge in [-0.3, -0.25) is 0 Å². The molecule has 0 bridgehead atoms. The van der Waals surface area contributed by atoms with Crippen LogP contribution < -0.4 is 0 Å². The summed E-state index contributed by atoms with van der Waals surface area (Å²) in [5.74, 6) is 0. The highest BCUT2D eigenvalue weighted by Crippen LogP contribution is 2.63. The van der Waals surface area contributed by atoms with Crippen LogP contribution in [0.25, 0.3) is 175 Å². The maximum atomic E-state index is 2.48. The lowest BCUT2D eigenvalue weighted by Crippen LogP contribution is -1.95. The van der Waals surface area contributed by atoms with E-state index in [1.165, 1.54) is 186 Å². The lowest BCUT2D eigenvalue weighted by molar-refractivity contribution is 1.47. The van der Waals surface area contributed by atoms with Gasteiger partial charge in [0.1, 0.15) is 0 Å². The van der Waals surface area contributed by atoms with E-state index in [-0.39, 0.29) is 0 Å². The SMILES string of the molecule is Cc1ccccc1-c1c2c(c(-c3cccc4ccccc34)c3ccccc13)-c1ccc3c4ccc5c6c(ccc(c7ccc-2c1c73)c64)-c1c-5c(-c2cccc3ccccc23)c2ccccc2c1-c1ccccc1C. The van der Waals surface area contributed by atoms with Crippen molar-refractivity contribution in [3.8, 4) is 89.0 Å². The van der Waals surface area contributed by atoms with Gasteiger partial charge in [0, 0.05) is 0 Å². The van der Waals surface area contributed by atoms with Crippen LogP contribution in [0.2, 0.25) is 0 Å². The quantitative estimate of drug-likeness (QED) is 0.122. The summed E-state index contributed by atoms with van der Waals surface area (Å²) in [6, 6.07) is 87.7. The third-order valence-corrected chi connectivity index (χ3v) is 17.4. The topological polar surface area (TPSA) is 0 Å². The minimum Gasteiger partial charge on any atom is -0.0620 e. The first kappa shape index (κ1) is 40.3. The van der Waals surface area contributed by atoms with Crippen LogP contribution in [0.15, 0.2) is 231 Å². The normalized spacial score (nSPS) is 12.5. The summed E-state index contributed by atoms with van der Waals surface area (Å²) in [5, 5.41) is 20.9. The van der Waals surface area contributed by atoms with Crippen molar-refractivity contribution in [3.05, 3.63) is 242 Å². The van der Waals surface area contributed by atoms with E-state index in [4.69, 9.17) is 0 Å². The highest BCUT2D eigenvalue weighted by Gasteiger charge is 2.36. The molecule has 0 spiro atoms. The number of benzene rings is 15. The van der Waals surface area contributed by atoms with Crippen molar-refractivity contribution < 1.29 is 0 Å². The summed E-state index contributed by atoms with van der Waals surface area (Å²) in [4.78, 5) is 0. The summed E-state index contributed by atoms with van der Waals surface area (Å²) in [7, 11) is 0. The standard InChI is InChI=1S/C74H44/c1-41-17-3-7-23-45(41)63-51-27-11-13-29-53(51)67(49-31-15-21-43-19-5-9-25-47(43)49)73-61-39-35-57-58-36-40-62-70-60(38-34-56(66(58)70)55-33-37-59(71(63)73)69(61)65(55)57)72-64(46-24-8-4-18-42(46)2)52-28-12-14-30-54(52)68(74(62)72)50-32-16-22-44-20-6-10-26-48(44)50/h3-40H,1-2H3. The Morgan fingerprint density at radius 1 is 0.162 bits per heavy atom. The number of hydrogen-bond acceptors (Lipinski definition) is 0. The van der Waals surface area contributed by atoms with E-state index in [1.807, 2.05) is 0 Å². The maximum absolute atomic E-state index is 2.48. The van der Waals surface area contributed by atoms with Gasteiger partial charge in [-0.05, 0) is 200 Å². The molecule has 17 rings (SSSR count). The lowest BCUT2D eigenvalue weighted by Gasteiger charge is -2.22. The molecule has 0 aliphatic heterocycles. The van der Waals surface area contributed by atoms with E-state index in [2.05, 4.69) is 244 Å². The summed E-state index contributed by atoms with van der Waals surface area (Å²) in [6.07, 6.45) is 0. The van der Waals surface area contributed by atoms with E-state index in [0.717, 1.165) is 0 Å². The molecular formula is C74H44. The van der Waals surface area contributed by atoms with Crippen LogP contribution in [0.1, 0.15) is 11.1 Å². The molecule has 0 saturated heterocycles. The zero-order valence-electron chi connectivity index (χ0n) is 40.9. The van der Waals surface area contributed by atoms with Gasteiger partial charge in [0.15, 0.2) is 0 Å². The van der Waals surface area contributed by atoms with Crippen LogP contribution >= 0.6 is 0 Å². The van der Waals surface area contributed by atoms with Crippen molar-refractivity contribution >= 4 is 86.2 Å². The number of hydrogen-bond donors (Lipinski definition) is 0. The van der Waals surface area contributed by atoms with Crippen LogP contribution in [-0.2, 0) is 0 Å². The minimum absolute atomic E-state index is 1.25. The molecule has 0 heterocycles. The van der Waals surface area contributed by atoms with Crippen LogP contribution in [0, 0.1) is 13.8 Å². The second-order valence-corrected chi connectivity index (χ2v) is 20.9. The zero-order valence-corrected chi connectivity index (χ0v) is 40.9. The first-order chi connectivity index (χ1) is 36.6. The van der Waals surface area contributed by atoms with Crippen LogP contribution in [-0.4, -0.2) is 0 Å². The lowest BCUT2D eigenvalue weighted by atomic mass is 9.81. The zero-order chi connectivity index (χ0) is 48.5. The Morgan fingerprint density at radius 3 is 0.784 bits per heavy atom. The molecule has 15 aromatic rings. The fourth-order valence-corrected chi connectivity index (χ4v) is 14.4. The average Bonchev–Trinajstić information content (AvgIpc) is 3.99. The Balaban J connectivity index is 1.02. The van der Waals surface area contributed by atoms with Crippen LogP contribution in [0.3, 0.4) is 0 Å². The van der Waals surface area contributed by atoms with Gasteiger partial charge in [0.05, 0.1) is 0 Å². The molecule has 0 N–H and O–H groups in total. The maximum Gasteiger partial charge on any atom is -0.000718 e. The largest absolute Gasteiger partial charge is 0.0620 e. The first-order valence-electron chi connectivity index (χ1n) is 26.1. The molecule has 74 heavy (non-hydrogen) atoms. The van der Waals surface area contributed by atoms with Gasteiger partial charge in [-0.15, -0.1) is 0 Å². The predicted octanol–water partition coefficient (Wildman–Crippen LogP) is 20.9. The average molecular weight is 933 g/mol. The van der Waals surface area contributed by atoms with Gasteiger partial charge in [-0.2, -0.15) is 0 Å². The van der Waals surface area contributed by atoms with Crippen molar-refractivity contribution in [2.45, 2.75) is 13.8 Å². The summed E-state index contributed by atoms with van der Waals surface area (Å²) < 4.78 is 0. The fraction of sp³-hybridized carbons (Fsp3) is 0.0270. The molecule has 0 radical (unpaired) electrons. The van der Waals surface area contributed by atoms with Crippen molar-refractivity contribution in [2.24, 2.45) is 0 Å². The van der Waals surface area contributed by atoms with Crippen LogP contribution in [0.4, 0.5) is 0 Å². The Kier molecular flexibility index (Phi) is 7.96. The molecule has 0 atom stereocenters. The molecule has 0 aromatic heterocycles. The molecule has 15 aromatic carbocycles. The van der Waals surface area contributed by atoms with Crippen molar-refractivity contribution in [1.29, 1.82) is 0 Å². The van der Waals surface area contributed by atoms with E-state index < -0.39 is 0 Å². The molecule has 0 nitrogen and oxygen atoms in total. The van der Waals surface area contributed by atoms with Crippen molar-refractivity contribution in [2.75, 3.05) is 0 Å². The smallest absolute Gasteiger partial charge is 0.000718 e. The van der Waals surface area contributed by atoms with E-state index in [1.54, 1.807) is 0 Å². The van der Waals surface area contributed by atoms with E-state index >= 15 is 0 Å². The van der Waals surface area contributed by atoms with Gasteiger partial charge in [0.2, 0.25) is 0 Å². The fourth-order valence-electron chi connectivity index (χ4n) is 14.4. The monoisotopic (exact) mass is 932 g/mol. The molecule has 0 fully saturated rings. The number of rotatable bonds is 4. The van der Waals surface area contributed by atoms with Gasteiger partial charge < -0.3 is 0 Å². The Hall–Kier alpha value is -9.36. The predicted molar refractivity (Wildman–Crippen MR) is 318 cm³/mol. The molecular weight excluding hydrogens is 889 g/mol. The van der Waals surface area contributed by atoms with Crippen molar-refractivity contribution in [3.63, 3.8) is 0 Å². The summed E-state index contributed by atoms with van der Waals surface area (Å²) in [5.41, 5.74) is 23.6. The highest BCUT2D eigenvalue weighted by atomic mass is 14.4. The summed E-state index contributed by atoms with van der Waals surface area (Å²) >= 11 is 0. The van der Waals surface area contributed by atoms with Gasteiger partial charge >= 0.3 is 0 Å². The molecule has 2 aliphatic carbocycles. The third kappa shape index (κ3) is 5.07. The minimum atomic E-state index is 1.25. The Morgan fingerprint density at radius 2 is 0.432 bits per heavy atom. The Bertz CT molecular complexity index is 4680. The molecule has 0 amide bonds. The summed E-state index contributed by atoms with van der Waals surface area (Å²) in [6.45, 7) is 4.55. The van der Waals surface area contributed by atoms with Gasteiger partial charge in [-0.25, -0.2) is 0 Å². The third-order valence-electron chi connectivity index (χ3n) is 17.4. The number of fused-ring (bicyclic) bond motifs is 12. The molecule has 2 aliphatic rings. The van der Waals surface area contributed by atoms with Crippen molar-refractivity contribution in [1.82, 2.24) is 0 Å². The first-order valence-corrected chi connectivity index (χ1v) is 26.1. The van der Waals surface area contributed by atoms with Crippen LogP contribution in [0.5, 0.6) is 0 Å². The van der Waals surface area contributed by atoms with Gasteiger partial charge in [-0.1, -0.05) is 231 Å². The highest BCUT2D eigenvalue weighted by molar-refractivity contribution is 6.42. The van der Waals surface area contributed by atoms with E-state index in [9.17, 15) is 0 Å². The molecule has 0 unspecified atom stereocenters.